The highest BCUT2D eigenvalue weighted by atomic mass is 32.2. The molecule has 0 N–H and O–H groups in total. The average molecular weight is 472 g/mol. The van der Waals surface area contributed by atoms with Crippen molar-refractivity contribution in [3.8, 4) is 22.6 Å². The van der Waals surface area contributed by atoms with E-state index >= 15 is 0 Å². The summed E-state index contributed by atoms with van der Waals surface area (Å²) >= 11 is 0. The number of benzene rings is 3. The number of hydrogen-bond acceptors (Lipinski definition) is 6. The monoisotopic (exact) mass is 471 g/mol. The van der Waals surface area contributed by atoms with Crippen molar-refractivity contribution in [3.63, 3.8) is 0 Å². The van der Waals surface area contributed by atoms with Gasteiger partial charge in [-0.1, -0.05) is 18.2 Å². The van der Waals surface area contributed by atoms with Crippen molar-refractivity contribution in [2.45, 2.75) is 9.79 Å². The first kappa shape index (κ1) is 21.9. The molecule has 164 valence electrons. The minimum absolute atomic E-state index is 0.0576. The fourth-order valence-corrected chi connectivity index (χ4v) is 4.86. The van der Waals surface area contributed by atoms with Gasteiger partial charge in [0.25, 0.3) is 0 Å². The average Bonchev–Trinajstić information content (AvgIpc) is 2.73. The number of halogens is 1. The Morgan fingerprint density at radius 1 is 0.781 bits per heavy atom. The predicted octanol–water partition coefficient (Wildman–Crippen LogP) is 4.64. The highest BCUT2D eigenvalue weighted by Crippen LogP contribution is 2.35. The van der Waals surface area contributed by atoms with E-state index in [1.165, 1.54) is 42.6 Å². The van der Waals surface area contributed by atoms with Crippen LogP contribution in [-0.4, -0.2) is 34.3 Å². The first-order valence-corrected chi connectivity index (χ1v) is 13.2. The van der Waals surface area contributed by atoms with Crippen LogP contribution in [0.3, 0.4) is 0 Å². The van der Waals surface area contributed by atoms with E-state index in [1.54, 1.807) is 30.3 Å². The molecule has 0 saturated heterocycles. The molecule has 1 heterocycles. The molecule has 0 unspecified atom stereocenters. The summed E-state index contributed by atoms with van der Waals surface area (Å²) in [6, 6.07) is 16.4. The summed E-state index contributed by atoms with van der Waals surface area (Å²) in [5.41, 5.74) is 0.896. The Morgan fingerprint density at radius 2 is 1.50 bits per heavy atom. The Labute approximate surface area is 185 Å². The number of sulfone groups is 2. The van der Waals surface area contributed by atoms with E-state index in [9.17, 15) is 21.2 Å². The van der Waals surface area contributed by atoms with Gasteiger partial charge in [-0.2, -0.15) is 0 Å². The number of hydrogen-bond donors (Lipinski definition) is 0. The Kier molecular flexibility index (Phi) is 5.47. The highest BCUT2D eigenvalue weighted by molar-refractivity contribution is 7.91. The molecule has 0 radical (unpaired) electrons. The van der Waals surface area contributed by atoms with Crippen molar-refractivity contribution in [2.24, 2.45) is 0 Å². The molecule has 0 atom stereocenters. The summed E-state index contributed by atoms with van der Waals surface area (Å²) < 4.78 is 68.4. The number of rotatable bonds is 5. The van der Waals surface area contributed by atoms with Crippen LogP contribution in [0.4, 0.5) is 4.39 Å². The first-order valence-electron chi connectivity index (χ1n) is 9.40. The van der Waals surface area contributed by atoms with Crippen LogP contribution in [0.1, 0.15) is 0 Å². The molecule has 0 aliphatic rings. The zero-order valence-corrected chi connectivity index (χ0v) is 18.7. The second-order valence-electron chi connectivity index (χ2n) is 7.27. The molecule has 0 aliphatic carbocycles. The summed E-state index contributed by atoms with van der Waals surface area (Å²) in [6.45, 7) is 0. The second-order valence-corrected chi connectivity index (χ2v) is 11.3. The van der Waals surface area contributed by atoms with E-state index in [0.29, 0.717) is 10.9 Å². The molecule has 0 amide bonds. The molecule has 9 heteroatoms. The Balaban J connectivity index is 1.82. The number of fused-ring (bicyclic) bond motifs is 1. The summed E-state index contributed by atoms with van der Waals surface area (Å²) in [7, 11) is -6.95. The summed E-state index contributed by atoms with van der Waals surface area (Å²) in [5, 5.41) is 0.477. The lowest BCUT2D eigenvalue weighted by Gasteiger charge is -2.12. The van der Waals surface area contributed by atoms with Gasteiger partial charge in [0.2, 0.25) is 0 Å². The number of para-hydroxylation sites is 1. The molecule has 32 heavy (non-hydrogen) atoms. The van der Waals surface area contributed by atoms with Gasteiger partial charge in [-0.15, -0.1) is 0 Å². The van der Waals surface area contributed by atoms with Crippen LogP contribution in [0.25, 0.3) is 22.0 Å². The van der Waals surface area contributed by atoms with E-state index < -0.39 is 25.5 Å². The zero-order valence-electron chi connectivity index (χ0n) is 17.1. The zero-order chi connectivity index (χ0) is 23.1. The van der Waals surface area contributed by atoms with Crippen LogP contribution >= 0.6 is 0 Å². The van der Waals surface area contributed by atoms with Gasteiger partial charge in [0.15, 0.2) is 19.7 Å². The van der Waals surface area contributed by atoms with Gasteiger partial charge in [0.1, 0.15) is 17.3 Å². The Hall–Kier alpha value is -3.30. The molecule has 0 spiro atoms. The molecule has 4 rings (SSSR count). The van der Waals surface area contributed by atoms with Crippen LogP contribution in [0.2, 0.25) is 0 Å². The van der Waals surface area contributed by atoms with Crippen LogP contribution in [0.15, 0.2) is 82.7 Å². The molecule has 0 aliphatic heterocycles. The van der Waals surface area contributed by atoms with E-state index in [-0.39, 0.29) is 32.4 Å². The number of pyridine rings is 1. The van der Waals surface area contributed by atoms with E-state index in [0.717, 1.165) is 12.5 Å². The highest BCUT2D eigenvalue weighted by Gasteiger charge is 2.17. The molecular formula is C23H18FNO5S2. The molecular weight excluding hydrogens is 453 g/mol. The largest absolute Gasteiger partial charge is 0.457 e. The van der Waals surface area contributed by atoms with Crippen LogP contribution < -0.4 is 4.74 Å². The summed E-state index contributed by atoms with van der Waals surface area (Å²) in [5.74, 6) is 0.0419. The van der Waals surface area contributed by atoms with Crippen LogP contribution in [-0.2, 0) is 19.7 Å². The van der Waals surface area contributed by atoms with Crippen molar-refractivity contribution in [1.29, 1.82) is 0 Å². The normalized spacial score (nSPS) is 12.1. The molecule has 6 nitrogen and oxygen atoms in total. The van der Waals surface area contributed by atoms with E-state index in [4.69, 9.17) is 4.74 Å². The number of ether oxygens (including phenoxy) is 1. The fraction of sp³-hybridized carbons (Fsp3) is 0.0870. The van der Waals surface area contributed by atoms with E-state index in [1.807, 2.05) is 0 Å². The SMILES string of the molecule is CS(=O)(=O)c1cccc(Oc2ccc(F)c(-c3ccnc4c(S(C)(=O)=O)cccc34)c2)c1. The summed E-state index contributed by atoms with van der Waals surface area (Å²) in [6.07, 6.45) is 3.62. The number of aromatic nitrogens is 1. The van der Waals surface area contributed by atoms with Gasteiger partial charge >= 0.3 is 0 Å². The molecule has 1 aromatic heterocycles. The lowest BCUT2D eigenvalue weighted by Crippen LogP contribution is -2.00. The molecule has 0 saturated carbocycles. The van der Waals surface area contributed by atoms with Crippen LogP contribution in [0.5, 0.6) is 11.5 Å². The second kappa shape index (κ2) is 7.99. The van der Waals surface area contributed by atoms with Gasteiger partial charge in [-0.3, -0.25) is 4.98 Å². The van der Waals surface area contributed by atoms with Crippen molar-refractivity contribution >= 4 is 30.6 Å². The van der Waals surface area contributed by atoms with Gasteiger partial charge < -0.3 is 4.74 Å². The maximum Gasteiger partial charge on any atom is 0.177 e. The first-order chi connectivity index (χ1) is 15.0. The van der Waals surface area contributed by atoms with Crippen LogP contribution in [0, 0.1) is 5.82 Å². The van der Waals surface area contributed by atoms with Crippen molar-refractivity contribution in [1.82, 2.24) is 4.98 Å². The fourth-order valence-electron chi connectivity index (χ4n) is 3.36. The lowest BCUT2D eigenvalue weighted by atomic mass is 10.0. The molecule has 3 aromatic carbocycles. The molecule has 0 bridgehead atoms. The molecule has 4 aromatic rings. The van der Waals surface area contributed by atoms with Gasteiger partial charge in [0.05, 0.1) is 15.3 Å². The maximum atomic E-state index is 14.8. The molecule has 0 fully saturated rings. The van der Waals surface area contributed by atoms with Gasteiger partial charge in [-0.05, 0) is 54.1 Å². The quantitative estimate of drug-likeness (QED) is 0.421. The smallest absolute Gasteiger partial charge is 0.177 e. The van der Waals surface area contributed by atoms with Crippen molar-refractivity contribution in [3.05, 3.63) is 78.7 Å². The van der Waals surface area contributed by atoms with Crippen molar-refractivity contribution in [2.75, 3.05) is 12.5 Å². The third-order valence-corrected chi connectivity index (χ3v) is 7.07. The third-order valence-electron chi connectivity index (χ3n) is 4.83. The topological polar surface area (TPSA) is 90.4 Å². The van der Waals surface area contributed by atoms with E-state index in [2.05, 4.69) is 4.98 Å². The van der Waals surface area contributed by atoms with Gasteiger partial charge in [0, 0.05) is 29.7 Å². The number of nitrogens with zero attached hydrogens (tertiary/aromatic N) is 1. The summed E-state index contributed by atoms with van der Waals surface area (Å²) in [4.78, 5) is 4.36. The minimum atomic E-state index is -3.53. The minimum Gasteiger partial charge on any atom is -0.457 e. The predicted molar refractivity (Wildman–Crippen MR) is 120 cm³/mol. The van der Waals surface area contributed by atoms with Gasteiger partial charge in [-0.25, -0.2) is 21.2 Å². The third kappa shape index (κ3) is 4.35. The Morgan fingerprint density at radius 3 is 2.22 bits per heavy atom. The standard InChI is InChI=1S/C23H18FNO5S2/c1-31(26,27)17-6-3-5-15(13-17)30-16-9-10-21(24)20(14-16)18-11-12-25-23-19(18)7-4-8-22(23)32(2,28)29/h3-14H,1-2H3. The Bertz CT molecular complexity index is 1560. The van der Waals surface area contributed by atoms with Crippen molar-refractivity contribution < 1.29 is 26.0 Å². The lowest BCUT2D eigenvalue weighted by molar-refractivity contribution is 0.479. The maximum absolute atomic E-state index is 14.8.